The van der Waals surface area contributed by atoms with Crippen LogP contribution in [0.15, 0.2) is 24.3 Å². The Labute approximate surface area is 147 Å². The average Bonchev–Trinajstić information content (AvgIpc) is 2.98. The van der Waals surface area contributed by atoms with Gasteiger partial charge in [0.2, 0.25) is 5.91 Å². The van der Waals surface area contributed by atoms with Crippen LogP contribution in [0.5, 0.6) is 0 Å². The van der Waals surface area contributed by atoms with Crippen LogP contribution >= 0.6 is 0 Å². The maximum Gasteiger partial charge on any atom is 0.416 e. The Morgan fingerprint density at radius 1 is 1.20 bits per heavy atom. The molecule has 2 rings (SSSR count). The molecule has 140 valence electrons. The number of amides is 1. The van der Waals surface area contributed by atoms with E-state index < -0.39 is 11.7 Å². The maximum absolute atomic E-state index is 12.8. The molecule has 1 amide bonds. The summed E-state index contributed by atoms with van der Waals surface area (Å²) in [6.07, 6.45) is -3.69. The Morgan fingerprint density at radius 3 is 2.20 bits per heavy atom. The summed E-state index contributed by atoms with van der Waals surface area (Å²) in [6.45, 7) is 9.43. The van der Waals surface area contributed by atoms with E-state index in [2.05, 4.69) is 25.7 Å². The second kappa shape index (κ2) is 6.98. The van der Waals surface area contributed by atoms with Crippen molar-refractivity contribution in [1.29, 1.82) is 0 Å². The molecule has 1 heterocycles. The fourth-order valence-corrected chi connectivity index (χ4v) is 3.41. The number of benzene rings is 1. The van der Waals surface area contributed by atoms with Crippen molar-refractivity contribution in [3.8, 4) is 0 Å². The van der Waals surface area contributed by atoms with E-state index in [1.807, 2.05) is 6.92 Å². The molecule has 0 aliphatic carbocycles. The standard InChI is InChI=1S/C19H27F3N2O/c1-6-23(5)17(25)16-11-14(12-24(16)18(2,3)4)13-7-9-15(10-8-13)19(20,21)22/h7-10,14,16H,6,11-12H2,1-5H3/t14?,16-/m0/s1. The number of likely N-dealkylation sites (N-methyl/N-ethyl adjacent to an activating group) is 1. The molecule has 1 aliphatic heterocycles. The summed E-state index contributed by atoms with van der Waals surface area (Å²) >= 11 is 0. The van der Waals surface area contributed by atoms with Crippen molar-refractivity contribution >= 4 is 5.91 Å². The Kier molecular flexibility index (Phi) is 5.52. The molecule has 25 heavy (non-hydrogen) atoms. The van der Waals surface area contributed by atoms with E-state index in [9.17, 15) is 18.0 Å². The van der Waals surface area contributed by atoms with Crippen molar-refractivity contribution in [2.75, 3.05) is 20.1 Å². The second-order valence-electron chi connectivity index (χ2n) is 7.74. The molecule has 1 aromatic carbocycles. The minimum atomic E-state index is -4.33. The normalized spacial score (nSPS) is 22.2. The molecule has 0 radical (unpaired) electrons. The Balaban J connectivity index is 2.25. The van der Waals surface area contributed by atoms with Crippen molar-refractivity contribution in [3.63, 3.8) is 0 Å². The number of rotatable bonds is 3. The fraction of sp³-hybridized carbons (Fsp3) is 0.632. The SMILES string of the molecule is CCN(C)C(=O)[C@@H]1CC(c2ccc(C(F)(F)F)cc2)CN1C(C)(C)C. The molecule has 1 aromatic rings. The Hall–Kier alpha value is -1.56. The van der Waals surface area contributed by atoms with Crippen LogP contribution in [-0.4, -0.2) is 47.4 Å². The third-order valence-electron chi connectivity index (χ3n) is 5.01. The van der Waals surface area contributed by atoms with E-state index in [0.29, 0.717) is 19.5 Å². The van der Waals surface area contributed by atoms with E-state index in [4.69, 9.17) is 0 Å². The maximum atomic E-state index is 12.8. The van der Waals surface area contributed by atoms with Crippen LogP contribution in [-0.2, 0) is 11.0 Å². The monoisotopic (exact) mass is 356 g/mol. The largest absolute Gasteiger partial charge is 0.416 e. The van der Waals surface area contributed by atoms with Crippen LogP contribution < -0.4 is 0 Å². The van der Waals surface area contributed by atoms with Gasteiger partial charge in [-0.3, -0.25) is 9.69 Å². The molecule has 1 fully saturated rings. The summed E-state index contributed by atoms with van der Waals surface area (Å²) in [6, 6.07) is 5.11. The number of carbonyl (C=O) groups excluding carboxylic acids is 1. The third kappa shape index (κ3) is 4.35. The molecule has 0 saturated carbocycles. The number of nitrogens with zero attached hydrogens (tertiary/aromatic N) is 2. The zero-order chi connectivity index (χ0) is 19.0. The van der Waals surface area contributed by atoms with Gasteiger partial charge in [0.1, 0.15) is 0 Å². The molecular formula is C19H27F3N2O. The van der Waals surface area contributed by atoms with Gasteiger partial charge in [0.05, 0.1) is 11.6 Å². The Morgan fingerprint density at radius 2 is 1.76 bits per heavy atom. The number of alkyl halides is 3. The van der Waals surface area contributed by atoms with Gasteiger partial charge in [-0.05, 0) is 57.7 Å². The van der Waals surface area contributed by atoms with E-state index in [1.165, 1.54) is 0 Å². The van der Waals surface area contributed by atoms with Crippen LogP contribution in [0.4, 0.5) is 13.2 Å². The van der Waals surface area contributed by atoms with E-state index in [1.54, 1.807) is 24.1 Å². The van der Waals surface area contributed by atoms with Crippen LogP contribution in [0, 0.1) is 0 Å². The van der Waals surface area contributed by atoms with Crippen molar-refractivity contribution < 1.29 is 18.0 Å². The van der Waals surface area contributed by atoms with E-state index in [-0.39, 0.29) is 23.4 Å². The minimum Gasteiger partial charge on any atom is -0.345 e. The topological polar surface area (TPSA) is 23.6 Å². The minimum absolute atomic E-state index is 0.0562. The number of halogens is 3. The molecule has 0 bridgehead atoms. The molecule has 0 N–H and O–H groups in total. The summed E-state index contributed by atoms with van der Waals surface area (Å²) < 4.78 is 38.3. The van der Waals surface area contributed by atoms with Crippen molar-refractivity contribution in [2.45, 2.75) is 57.8 Å². The molecule has 1 saturated heterocycles. The average molecular weight is 356 g/mol. The smallest absolute Gasteiger partial charge is 0.345 e. The highest BCUT2D eigenvalue weighted by atomic mass is 19.4. The van der Waals surface area contributed by atoms with E-state index >= 15 is 0 Å². The molecule has 0 aromatic heterocycles. The predicted octanol–water partition coefficient (Wildman–Crippen LogP) is 4.14. The lowest BCUT2D eigenvalue weighted by Gasteiger charge is -2.37. The zero-order valence-corrected chi connectivity index (χ0v) is 15.5. The summed E-state index contributed by atoms with van der Waals surface area (Å²) in [5.74, 6) is 0.132. The van der Waals surface area contributed by atoms with Gasteiger partial charge in [-0.2, -0.15) is 13.2 Å². The van der Waals surface area contributed by atoms with Crippen molar-refractivity contribution in [2.24, 2.45) is 0 Å². The number of hydrogen-bond donors (Lipinski definition) is 0. The molecule has 3 nitrogen and oxygen atoms in total. The molecular weight excluding hydrogens is 329 g/mol. The molecule has 1 unspecified atom stereocenters. The van der Waals surface area contributed by atoms with Gasteiger partial charge in [-0.1, -0.05) is 12.1 Å². The molecule has 0 spiro atoms. The van der Waals surface area contributed by atoms with Crippen LogP contribution in [0.1, 0.15) is 51.2 Å². The number of carbonyl (C=O) groups is 1. The van der Waals surface area contributed by atoms with Crippen LogP contribution in [0.2, 0.25) is 0 Å². The lowest BCUT2D eigenvalue weighted by atomic mass is 9.95. The van der Waals surface area contributed by atoms with Crippen LogP contribution in [0.25, 0.3) is 0 Å². The first-order valence-electron chi connectivity index (χ1n) is 8.64. The van der Waals surface area contributed by atoms with Gasteiger partial charge in [0.15, 0.2) is 0 Å². The Bertz CT molecular complexity index is 605. The predicted molar refractivity (Wildman–Crippen MR) is 92.4 cm³/mol. The highest BCUT2D eigenvalue weighted by Gasteiger charge is 2.43. The molecule has 1 aliphatic rings. The summed E-state index contributed by atoms with van der Waals surface area (Å²) in [7, 11) is 1.79. The number of likely N-dealkylation sites (tertiary alicyclic amines) is 1. The third-order valence-corrected chi connectivity index (χ3v) is 5.01. The first-order valence-corrected chi connectivity index (χ1v) is 8.64. The van der Waals surface area contributed by atoms with Crippen molar-refractivity contribution in [3.05, 3.63) is 35.4 Å². The van der Waals surface area contributed by atoms with E-state index in [0.717, 1.165) is 17.7 Å². The van der Waals surface area contributed by atoms with Gasteiger partial charge in [-0.25, -0.2) is 0 Å². The molecule has 2 atom stereocenters. The fourth-order valence-electron chi connectivity index (χ4n) is 3.41. The summed E-state index contributed by atoms with van der Waals surface area (Å²) in [5.41, 5.74) is 0.0345. The lowest BCUT2D eigenvalue weighted by molar-refractivity contribution is -0.137. The molecule has 6 heteroatoms. The summed E-state index contributed by atoms with van der Waals surface area (Å²) in [4.78, 5) is 16.6. The highest BCUT2D eigenvalue weighted by Crippen LogP contribution is 2.38. The van der Waals surface area contributed by atoms with Gasteiger partial charge < -0.3 is 4.90 Å². The quantitative estimate of drug-likeness (QED) is 0.813. The number of hydrogen-bond acceptors (Lipinski definition) is 2. The highest BCUT2D eigenvalue weighted by molar-refractivity contribution is 5.82. The second-order valence-corrected chi connectivity index (χ2v) is 7.74. The summed E-state index contributed by atoms with van der Waals surface area (Å²) in [5, 5.41) is 0. The zero-order valence-electron chi connectivity index (χ0n) is 15.5. The first kappa shape index (κ1) is 19.8. The first-order chi connectivity index (χ1) is 11.4. The van der Waals surface area contributed by atoms with Crippen LogP contribution in [0.3, 0.4) is 0 Å². The van der Waals surface area contributed by atoms with Gasteiger partial charge >= 0.3 is 6.18 Å². The van der Waals surface area contributed by atoms with Crippen molar-refractivity contribution in [1.82, 2.24) is 9.80 Å². The van der Waals surface area contributed by atoms with Gasteiger partial charge in [0.25, 0.3) is 0 Å². The lowest BCUT2D eigenvalue weighted by Crippen LogP contribution is -2.51. The van der Waals surface area contributed by atoms with Gasteiger partial charge in [0, 0.05) is 25.7 Å². The van der Waals surface area contributed by atoms with Gasteiger partial charge in [-0.15, -0.1) is 0 Å².